The Bertz CT molecular complexity index is 772. The molecule has 0 radical (unpaired) electrons. The van der Waals surface area contributed by atoms with Crippen molar-refractivity contribution in [2.75, 3.05) is 26.7 Å². The number of carbonyl (C=O) groups excluding carboxylic acids is 1. The Kier molecular flexibility index (Phi) is 7.03. The molecular weight excluding hydrogens is 451 g/mol. The molecule has 0 spiro atoms. The Balaban J connectivity index is 0.00000243. The number of rotatable bonds is 4. The van der Waals surface area contributed by atoms with Crippen LogP contribution in [0.5, 0.6) is 0 Å². The van der Waals surface area contributed by atoms with Gasteiger partial charge in [0.2, 0.25) is 0 Å². The lowest BCUT2D eigenvalue weighted by molar-refractivity contribution is -0.00807. The van der Waals surface area contributed by atoms with Crippen molar-refractivity contribution in [1.82, 2.24) is 20.0 Å². The van der Waals surface area contributed by atoms with Gasteiger partial charge in [-0.1, -0.05) is 0 Å². The highest BCUT2D eigenvalue weighted by molar-refractivity contribution is 14.0. The smallest absolute Gasteiger partial charge is 0.284 e. The second-order valence-corrected chi connectivity index (χ2v) is 5.78. The van der Waals surface area contributed by atoms with Crippen LogP contribution in [0.15, 0.2) is 33.9 Å². The second-order valence-electron chi connectivity index (χ2n) is 5.78. The summed E-state index contributed by atoms with van der Waals surface area (Å²) in [6.07, 6.45) is 3.73. The number of nitrogens with one attached hydrogen (secondary N) is 1. The molecule has 1 aliphatic heterocycles. The van der Waals surface area contributed by atoms with Crippen LogP contribution < -0.4 is 11.1 Å². The summed E-state index contributed by atoms with van der Waals surface area (Å²) >= 11 is 0. The second kappa shape index (κ2) is 9.03. The quantitative estimate of drug-likeness (QED) is 0.387. The zero-order valence-electron chi connectivity index (χ0n) is 14.7. The summed E-state index contributed by atoms with van der Waals surface area (Å²) in [4.78, 5) is 17.5. The molecule has 3 rings (SSSR count). The van der Waals surface area contributed by atoms with Crippen LogP contribution in [0.3, 0.4) is 0 Å². The van der Waals surface area contributed by atoms with Crippen LogP contribution in [0.1, 0.15) is 28.0 Å². The monoisotopic (exact) mass is 474 g/mol. The zero-order valence-corrected chi connectivity index (χ0v) is 17.0. The molecule has 3 N–H and O–H groups in total. The lowest BCUT2D eigenvalue weighted by atomic mass is 10.1. The van der Waals surface area contributed by atoms with E-state index in [4.69, 9.17) is 14.9 Å². The molecule has 1 unspecified atom stereocenters. The van der Waals surface area contributed by atoms with Gasteiger partial charge in [0.25, 0.3) is 5.91 Å². The van der Waals surface area contributed by atoms with E-state index in [0.717, 1.165) is 18.1 Å². The molecule has 2 aromatic heterocycles. The first-order valence-corrected chi connectivity index (χ1v) is 8.01. The summed E-state index contributed by atoms with van der Waals surface area (Å²) in [6.45, 7) is 2.43. The largest absolute Gasteiger partial charge is 0.454 e. The van der Waals surface area contributed by atoms with E-state index in [1.54, 1.807) is 23.9 Å². The first kappa shape index (κ1) is 20.2. The number of furan rings is 1. The van der Waals surface area contributed by atoms with Gasteiger partial charge in [-0.05, 0) is 12.1 Å². The first-order chi connectivity index (χ1) is 12.1. The third-order valence-electron chi connectivity index (χ3n) is 4.00. The number of nitrogens with two attached hydrogens (primary N) is 1. The van der Waals surface area contributed by atoms with Crippen molar-refractivity contribution >= 4 is 35.8 Å². The molecule has 1 fully saturated rings. The van der Waals surface area contributed by atoms with Gasteiger partial charge < -0.3 is 25.1 Å². The third-order valence-corrected chi connectivity index (χ3v) is 4.00. The lowest BCUT2D eigenvalue weighted by Gasteiger charge is -2.34. The molecule has 3 heterocycles. The number of hydrogen-bond donors (Lipinski definition) is 2. The average molecular weight is 474 g/mol. The van der Waals surface area contributed by atoms with Crippen LogP contribution in [-0.4, -0.2) is 53.3 Å². The number of aromatic nitrogens is 2. The fourth-order valence-corrected chi connectivity index (χ4v) is 2.75. The highest BCUT2D eigenvalue weighted by atomic mass is 127. The average Bonchev–Trinajstić information content (AvgIpc) is 3.25. The molecule has 10 heteroatoms. The zero-order chi connectivity index (χ0) is 17.8. The van der Waals surface area contributed by atoms with Crippen LogP contribution in [0.25, 0.3) is 0 Å². The number of hydrogen-bond acceptors (Lipinski definition) is 5. The molecule has 26 heavy (non-hydrogen) atoms. The van der Waals surface area contributed by atoms with Gasteiger partial charge in [0.1, 0.15) is 11.9 Å². The summed E-state index contributed by atoms with van der Waals surface area (Å²) in [5.41, 5.74) is 6.23. The van der Waals surface area contributed by atoms with Crippen molar-refractivity contribution < 1.29 is 13.9 Å². The van der Waals surface area contributed by atoms with Crippen molar-refractivity contribution in [3.05, 3.63) is 41.6 Å². The van der Waals surface area contributed by atoms with Crippen molar-refractivity contribution in [3.63, 3.8) is 0 Å². The predicted octanol–water partition coefficient (Wildman–Crippen LogP) is 0.879. The van der Waals surface area contributed by atoms with Crippen LogP contribution in [-0.2, 0) is 18.3 Å². The fourth-order valence-electron chi connectivity index (χ4n) is 2.75. The molecule has 1 atom stereocenters. The summed E-state index contributed by atoms with van der Waals surface area (Å²) < 4.78 is 13.0. The number of ether oxygens (including phenoxy) is 1. The van der Waals surface area contributed by atoms with Gasteiger partial charge >= 0.3 is 0 Å². The first-order valence-electron chi connectivity index (χ1n) is 8.01. The van der Waals surface area contributed by atoms with Gasteiger partial charge in [0, 0.05) is 32.4 Å². The minimum atomic E-state index is -0.580. The standard InChI is InChI=1S/C16H22N6O3.HI/c1-18-16(19-8-12-3-4-13(25-12)15(17)23)22-5-6-24-14(10-22)11-7-20-21(2)9-11;/h3-4,7,9,14H,5-6,8,10H2,1-2H3,(H2,17,23)(H,18,19);1H. The van der Waals surface area contributed by atoms with Crippen molar-refractivity contribution in [3.8, 4) is 0 Å². The molecule has 1 aliphatic rings. The normalized spacial score (nSPS) is 17.7. The number of halogens is 1. The highest BCUT2D eigenvalue weighted by Crippen LogP contribution is 2.21. The van der Waals surface area contributed by atoms with Crippen molar-refractivity contribution in [2.24, 2.45) is 17.8 Å². The molecule has 0 aromatic carbocycles. The van der Waals surface area contributed by atoms with E-state index >= 15 is 0 Å². The third kappa shape index (κ3) is 4.75. The van der Waals surface area contributed by atoms with Crippen LogP contribution in [0.2, 0.25) is 0 Å². The van der Waals surface area contributed by atoms with Gasteiger partial charge in [-0.2, -0.15) is 5.10 Å². The van der Waals surface area contributed by atoms with E-state index in [1.165, 1.54) is 0 Å². The molecule has 142 valence electrons. The van der Waals surface area contributed by atoms with Crippen molar-refractivity contribution in [1.29, 1.82) is 0 Å². The number of morpholine rings is 1. The highest BCUT2D eigenvalue weighted by Gasteiger charge is 2.25. The number of guanidine groups is 1. The maximum absolute atomic E-state index is 11.1. The number of aryl methyl sites for hydroxylation is 1. The minimum Gasteiger partial charge on any atom is -0.454 e. The lowest BCUT2D eigenvalue weighted by Crippen LogP contribution is -2.47. The van der Waals surface area contributed by atoms with E-state index in [0.29, 0.717) is 25.5 Å². The van der Waals surface area contributed by atoms with E-state index in [9.17, 15) is 4.79 Å². The molecule has 0 aliphatic carbocycles. The predicted molar refractivity (Wildman–Crippen MR) is 106 cm³/mol. The maximum Gasteiger partial charge on any atom is 0.284 e. The maximum atomic E-state index is 11.1. The summed E-state index contributed by atoms with van der Waals surface area (Å²) in [6, 6.07) is 3.29. The fraction of sp³-hybridized carbons (Fsp3) is 0.438. The van der Waals surface area contributed by atoms with Crippen molar-refractivity contribution in [2.45, 2.75) is 12.6 Å². The number of amides is 1. The van der Waals surface area contributed by atoms with E-state index in [2.05, 4.69) is 20.3 Å². The van der Waals surface area contributed by atoms with Gasteiger partial charge in [-0.3, -0.25) is 14.5 Å². The minimum absolute atomic E-state index is 0. The Morgan fingerprint density at radius 2 is 2.31 bits per heavy atom. The summed E-state index contributed by atoms with van der Waals surface area (Å²) in [7, 11) is 3.61. The number of aliphatic imine (C=N–C) groups is 1. The number of primary amides is 1. The van der Waals surface area contributed by atoms with Gasteiger partial charge in [-0.15, -0.1) is 24.0 Å². The molecule has 9 nitrogen and oxygen atoms in total. The topological polar surface area (TPSA) is 111 Å². The van der Waals surface area contributed by atoms with E-state index in [1.807, 2.05) is 19.4 Å². The van der Waals surface area contributed by atoms with E-state index in [-0.39, 0.29) is 35.8 Å². The molecule has 2 aromatic rings. The molecule has 0 bridgehead atoms. The Hall–Kier alpha value is -2.08. The van der Waals surface area contributed by atoms with Gasteiger partial charge in [0.05, 0.1) is 25.9 Å². The summed E-state index contributed by atoms with van der Waals surface area (Å²) in [5.74, 6) is 0.930. The molecule has 1 amide bonds. The Morgan fingerprint density at radius 3 is 2.92 bits per heavy atom. The van der Waals surface area contributed by atoms with Gasteiger partial charge in [-0.25, -0.2) is 0 Å². The molecule has 1 saturated heterocycles. The van der Waals surface area contributed by atoms with Crippen LogP contribution >= 0.6 is 24.0 Å². The van der Waals surface area contributed by atoms with Crippen LogP contribution in [0.4, 0.5) is 0 Å². The SMILES string of the molecule is CN=C(NCc1ccc(C(N)=O)o1)N1CCOC(c2cnn(C)c2)C1.I. The van der Waals surface area contributed by atoms with Crippen LogP contribution in [0, 0.1) is 0 Å². The Labute approximate surface area is 168 Å². The van der Waals surface area contributed by atoms with E-state index < -0.39 is 5.91 Å². The number of carbonyl (C=O) groups is 1. The Morgan fingerprint density at radius 1 is 1.50 bits per heavy atom. The molecular formula is C16H23IN6O3. The van der Waals surface area contributed by atoms with Gasteiger partial charge in [0.15, 0.2) is 11.7 Å². The summed E-state index contributed by atoms with van der Waals surface area (Å²) in [5, 5.41) is 7.44. The number of nitrogens with zero attached hydrogens (tertiary/aromatic N) is 4. The molecule has 0 saturated carbocycles.